The maximum atomic E-state index is 13.7. The molecule has 7 nitrogen and oxygen atoms in total. The maximum absolute atomic E-state index is 13.7. The Kier molecular flexibility index (Phi) is 4.27. The van der Waals surface area contributed by atoms with Crippen molar-refractivity contribution in [1.82, 2.24) is 24.9 Å². The highest BCUT2D eigenvalue weighted by Gasteiger charge is 2.54. The average Bonchev–Trinajstić information content (AvgIpc) is 3.17. The van der Waals surface area contributed by atoms with Gasteiger partial charge in [-0.3, -0.25) is 4.79 Å². The quantitative estimate of drug-likeness (QED) is 0.522. The monoisotopic (exact) mass is 430 g/mol. The second-order valence-electron chi connectivity index (χ2n) is 8.39. The number of benzene rings is 2. The Morgan fingerprint density at radius 3 is 2.87 bits per heavy atom. The lowest BCUT2D eigenvalue weighted by Crippen LogP contribution is -2.42. The van der Waals surface area contributed by atoms with Crippen LogP contribution in [0.25, 0.3) is 15.9 Å². The van der Waals surface area contributed by atoms with Crippen LogP contribution in [0, 0.1) is 18.8 Å². The van der Waals surface area contributed by atoms with Crippen LogP contribution in [0.2, 0.25) is 0 Å². The van der Waals surface area contributed by atoms with Crippen molar-refractivity contribution >= 4 is 32.6 Å². The summed E-state index contributed by atoms with van der Waals surface area (Å²) in [6.45, 7) is 3.54. The lowest BCUT2D eigenvalue weighted by Gasteiger charge is -2.28. The van der Waals surface area contributed by atoms with Crippen molar-refractivity contribution in [3.63, 3.8) is 0 Å². The second kappa shape index (κ2) is 7.16. The molecule has 2 aromatic heterocycles. The highest BCUT2D eigenvalue weighted by molar-refractivity contribution is 7.22. The first-order chi connectivity index (χ1) is 15.2. The van der Waals surface area contributed by atoms with Gasteiger partial charge in [0.15, 0.2) is 5.13 Å². The summed E-state index contributed by atoms with van der Waals surface area (Å²) in [5, 5.41) is 12.9. The molecule has 0 spiro atoms. The Balaban J connectivity index is 1.26. The number of nitrogens with zero attached hydrogens (tertiary/aromatic N) is 5. The highest BCUT2D eigenvalue weighted by atomic mass is 32.1. The summed E-state index contributed by atoms with van der Waals surface area (Å²) in [6.07, 6.45) is 4.46. The number of nitrogens with one attached hydrogen (secondary N) is 1. The first kappa shape index (κ1) is 18.5. The van der Waals surface area contributed by atoms with E-state index in [4.69, 9.17) is 0 Å². The van der Waals surface area contributed by atoms with E-state index < -0.39 is 0 Å². The molecule has 1 aliphatic carbocycles. The molecule has 2 aromatic carbocycles. The fraction of sp³-hybridized carbons (Fsp3) is 0.304. The zero-order valence-electron chi connectivity index (χ0n) is 17.1. The molecule has 1 amide bonds. The molecule has 0 bridgehead atoms. The number of para-hydroxylation sites is 1. The lowest BCUT2D eigenvalue weighted by molar-refractivity contribution is 0.0715. The summed E-state index contributed by atoms with van der Waals surface area (Å²) in [7, 11) is 0. The van der Waals surface area contributed by atoms with Gasteiger partial charge in [-0.1, -0.05) is 35.1 Å². The van der Waals surface area contributed by atoms with Crippen molar-refractivity contribution in [2.24, 2.45) is 11.8 Å². The molecular weight excluding hydrogens is 408 g/mol. The third kappa shape index (κ3) is 3.27. The number of anilines is 1. The summed E-state index contributed by atoms with van der Waals surface area (Å²) < 4.78 is 1.17. The van der Waals surface area contributed by atoms with Gasteiger partial charge in [0.05, 0.1) is 39.9 Å². The Morgan fingerprint density at radius 2 is 2.03 bits per heavy atom. The number of fused-ring (bicyclic) bond motifs is 2. The number of piperidine rings is 1. The summed E-state index contributed by atoms with van der Waals surface area (Å²) in [6, 6.07) is 14.2. The molecule has 2 aliphatic rings. The SMILES string of the molecule is Cc1ccc(-n2nccn2)c(C(=O)N2CC3CC3C2CNc2nc3ccccc3s2)c1. The smallest absolute Gasteiger partial charge is 0.256 e. The number of carbonyl (C=O) groups excluding carboxylic acids is 1. The molecule has 31 heavy (non-hydrogen) atoms. The molecule has 1 aliphatic heterocycles. The van der Waals surface area contributed by atoms with E-state index in [1.54, 1.807) is 23.7 Å². The zero-order chi connectivity index (χ0) is 20.9. The predicted octanol–water partition coefficient (Wildman–Crippen LogP) is 3.76. The minimum absolute atomic E-state index is 0.0549. The van der Waals surface area contributed by atoms with Crippen LogP contribution in [-0.4, -0.2) is 49.9 Å². The van der Waals surface area contributed by atoms with E-state index in [0.29, 0.717) is 23.9 Å². The molecule has 156 valence electrons. The minimum atomic E-state index is 0.0549. The third-order valence-corrected chi connectivity index (χ3v) is 7.33. The van der Waals surface area contributed by atoms with Gasteiger partial charge in [0, 0.05) is 13.1 Å². The molecule has 6 rings (SSSR count). The van der Waals surface area contributed by atoms with E-state index in [0.717, 1.165) is 28.4 Å². The Bertz CT molecular complexity index is 1230. The molecule has 3 unspecified atom stereocenters. The fourth-order valence-corrected chi connectivity index (χ4v) is 5.57. The predicted molar refractivity (Wildman–Crippen MR) is 121 cm³/mol. The van der Waals surface area contributed by atoms with Crippen molar-refractivity contribution in [1.29, 1.82) is 0 Å². The number of hydrogen-bond acceptors (Lipinski definition) is 6. The van der Waals surface area contributed by atoms with Crippen LogP contribution < -0.4 is 5.32 Å². The summed E-state index contributed by atoms with van der Waals surface area (Å²) in [4.78, 5) is 21.9. The number of amides is 1. The van der Waals surface area contributed by atoms with E-state index in [1.807, 2.05) is 48.2 Å². The highest BCUT2D eigenvalue weighted by Crippen LogP contribution is 2.50. The molecular formula is C23H22N6OS. The van der Waals surface area contributed by atoms with Crippen molar-refractivity contribution in [3.05, 3.63) is 66.0 Å². The van der Waals surface area contributed by atoms with Gasteiger partial charge in [-0.15, -0.1) is 0 Å². The molecule has 1 saturated carbocycles. The molecule has 1 N–H and O–H groups in total. The molecule has 3 heterocycles. The number of hydrogen-bond donors (Lipinski definition) is 1. The van der Waals surface area contributed by atoms with Gasteiger partial charge in [-0.2, -0.15) is 15.0 Å². The van der Waals surface area contributed by atoms with Gasteiger partial charge in [-0.25, -0.2) is 4.98 Å². The van der Waals surface area contributed by atoms with E-state index >= 15 is 0 Å². The topological polar surface area (TPSA) is 75.9 Å². The Morgan fingerprint density at radius 1 is 1.19 bits per heavy atom. The van der Waals surface area contributed by atoms with Gasteiger partial charge in [0.2, 0.25) is 0 Å². The van der Waals surface area contributed by atoms with E-state index in [2.05, 4.69) is 26.6 Å². The van der Waals surface area contributed by atoms with Crippen LogP contribution in [-0.2, 0) is 0 Å². The maximum Gasteiger partial charge on any atom is 0.256 e. The standard InChI is InChI=1S/C23H22N6OS/c1-14-6-7-19(29-25-8-9-26-29)17(10-14)22(30)28-13-15-11-16(15)20(28)12-24-23-27-18-4-2-3-5-21(18)31-23/h2-10,15-16,20H,11-13H2,1H3,(H,24,27). The van der Waals surface area contributed by atoms with Crippen LogP contribution in [0.5, 0.6) is 0 Å². The van der Waals surface area contributed by atoms with E-state index in [9.17, 15) is 4.79 Å². The van der Waals surface area contributed by atoms with Gasteiger partial charge < -0.3 is 10.2 Å². The van der Waals surface area contributed by atoms with Crippen LogP contribution in [0.3, 0.4) is 0 Å². The molecule has 0 radical (unpaired) electrons. The van der Waals surface area contributed by atoms with Gasteiger partial charge >= 0.3 is 0 Å². The van der Waals surface area contributed by atoms with Gasteiger partial charge in [0.1, 0.15) is 0 Å². The molecule has 8 heteroatoms. The number of aromatic nitrogens is 4. The van der Waals surface area contributed by atoms with Gasteiger partial charge in [0.25, 0.3) is 5.91 Å². The summed E-state index contributed by atoms with van der Waals surface area (Å²) >= 11 is 1.66. The van der Waals surface area contributed by atoms with Crippen molar-refractivity contribution in [2.45, 2.75) is 19.4 Å². The van der Waals surface area contributed by atoms with Crippen molar-refractivity contribution in [2.75, 3.05) is 18.4 Å². The number of likely N-dealkylation sites (tertiary alicyclic amines) is 1. The zero-order valence-corrected chi connectivity index (χ0v) is 17.9. The molecule has 4 aromatic rings. The Hall–Kier alpha value is -3.26. The summed E-state index contributed by atoms with van der Waals surface area (Å²) in [5.41, 5.74) is 3.43. The molecule has 3 atom stereocenters. The first-order valence-corrected chi connectivity index (χ1v) is 11.4. The van der Waals surface area contributed by atoms with E-state index in [1.165, 1.54) is 15.9 Å². The largest absolute Gasteiger partial charge is 0.359 e. The fourth-order valence-electron chi connectivity index (χ4n) is 4.70. The Labute approximate surface area is 183 Å². The van der Waals surface area contributed by atoms with Crippen LogP contribution in [0.15, 0.2) is 54.9 Å². The minimum Gasteiger partial charge on any atom is -0.359 e. The van der Waals surface area contributed by atoms with Gasteiger partial charge in [-0.05, 0) is 49.4 Å². The van der Waals surface area contributed by atoms with Crippen LogP contribution >= 0.6 is 11.3 Å². The van der Waals surface area contributed by atoms with Crippen molar-refractivity contribution in [3.8, 4) is 5.69 Å². The third-order valence-electron chi connectivity index (χ3n) is 6.34. The van der Waals surface area contributed by atoms with Crippen LogP contribution in [0.1, 0.15) is 22.3 Å². The number of carbonyl (C=O) groups is 1. The lowest BCUT2D eigenvalue weighted by atomic mass is 10.1. The second-order valence-corrected chi connectivity index (χ2v) is 9.42. The molecule has 2 fully saturated rings. The van der Waals surface area contributed by atoms with E-state index in [-0.39, 0.29) is 11.9 Å². The molecule has 1 saturated heterocycles. The number of thiazole rings is 1. The van der Waals surface area contributed by atoms with Crippen molar-refractivity contribution < 1.29 is 4.79 Å². The summed E-state index contributed by atoms with van der Waals surface area (Å²) in [5.74, 6) is 1.24. The first-order valence-electron chi connectivity index (χ1n) is 10.5. The normalized spacial score (nSPS) is 22.0. The average molecular weight is 431 g/mol. The number of aryl methyl sites for hydroxylation is 1. The number of rotatable bonds is 5. The van der Waals surface area contributed by atoms with Crippen LogP contribution in [0.4, 0.5) is 5.13 Å².